The summed E-state index contributed by atoms with van der Waals surface area (Å²) in [4.78, 5) is 38.4. The van der Waals surface area contributed by atoms with Gasteiger partial charge in [0.05, 0.1) is 0 Å². The molecule has 0 bridgehead atoms. The number of hydrogen-bond donors (Lipinski definition) is 0. The quantitative estimate of drug-likeness (QED) is 0.0261. The second kappa shape index (κ2) is 65.8. The number of unbranched alkanes of at least 4 members (excludes halogenated alkanes) is 33. The van der Waals surface area contributed by atoms with Gasteiger partial charge in [-0.05, 0) is 122 Å². The average Bonchev–Trinajstić information content (AvgIpc) is 3.44. The third kappa shape index (κ3) is 63.2. The van der Waals surface area contributed by atoms with E-state index in [9.17, 15) is 14.4 Å². The summed E-state index contributed by atoms with van der Waals surface area (Å²) in [5, 5.41) is 0. The molecule has 0 saturated carbocycles. The van der Waals surface area contributed by atoms with Gasteiger partial charge in [-0.15, -0.1) is 0 Å². The fraction of sp³-hybridized carbons (Fsp3) is 0.736. The third-order valence-electron chi connectivity index (χ3n) is 14.3. The molecule has 0 radical (unpaired) electrons. The smallest absolute Gasteiger partial charge is 0.306 e. The molecule has 0 aromatic carbocycles. The van der Waals surface area contributed by atoms with E-state index in [-0.39, 0.29) is 31.1 Å². The molecule has 0 aliphatic heterocycles. The summed E-state index contributed by atoms with van der Waals surface area (Å²) < 4.78 is 16.9. The van der Waals surface area contributed by atoms with Gasteiger partial charge in [-0.3, -0.25) is 14.4 Å². The van der Waals surface area contributed by atoms with Crippen LogP contribution in [0.15, 0.2) is 97.2 Å². The minimum atomic E-state index is -0.795. The van der Waals surface area contributed by atoms with Crippen LogP contribution in [-0.2, 0) is 28.6 Å². The van der Waals surface area contributed by atoms with E-state index in [1.165, 1.54) is 161 Å². The van der Waals surface area contributed by atoms with Crippen molar-refractivity contribution in [1.29, 1.82) is 0 Å². The Labute approximate surface area is 483 Å². The summed E-state index contributed by atoms with van der Waals surface area (Å²) in [5.74, 6) is -0.906. The molecule has 0 saturated heterocycles. The zero-order valence-electron chi connectivity index (χ0n) is 51.4. The topological polar surface area (TPSA) is 78.9 Å². The maximum Gasteiger partial charge on any atom is 0.306 e. The van der Waals surface area contributed by atoms with E-state index in [0.29, 0.717) is 19.3 Å². The van der Waals surface area contributed by atoms with Crippen LogP contribution in [0.5, 0.6) is 0 Å². The summed E-state index contributed by atoms with van der Waals surface area (Å²) in [7, 11) is 0. The van der Waals surface area contributed by atoms with E-state index in [1.807, 2.05) is 0 Å². The third-order valence-corrected chi connectivity index (χ3v) is 14.3. The predicted octanol–water partition coefficient (Wildman–Crippen LogP) is 22.8. The highest BCUT2D eigenvalue weighted by atomic mass is 16.6. The van der Waals surface area contributed by atoms with Crippen molar-refractivity contribution in [3.05, 3.63) is 97.2 Å². The molecule has 0 aliphatic rings. The van der Waals surface area contributed by atoms with Crippen molar-refractivity contribution in [1.82, 2.24) is 0 Å². The average molecular weight is 1090 g/mol. The Morgan fingerprint density at radius 2 is 0.500 bits per heavy atom. The predicted molar refractivity (Wildman–Crippen MR) is 339 cm³/mol. The molecule has 6 nitrogen and oxygen atoms in total. The molecule has 0 amide bonds. The summed E-state index contributed by atoms with van der Waals surface area (Å²) in [6.45, 7) is 6.52. The standard InChI is InChI=1S/C72H124O6/c1-4-7-10-13-16-19-22-25-28-31-33-35-36-38-39-41-44-47-50-53-56-59-62-65-71(74)77-68-69(67-76-70(73)64-61-58-55-52-49-46-43-30-27-24-21-18-15-12-9-6-3)78-72(75)66-63-60-57-54-51-48-45-42-40-37-34-32-29-26-23-20-17-14-11-8-5-2/h8,11,17,20,22,25-26,29-31,33-34,37,42-43,45,69H,4-7,9-10,12-16,18-19,21,23-24,27-28,32,35-36,38-41,44,46-68H2,1-3H3/b11-8-,20-17-,25-22-,29-26-,33-31-,37-34-,43-30-,45-42-. The summed E-state index contributed by atoms with van der Waals surface area (Å²) in [5.41, 5.74) is 0. The van der Waals surface area contributed by atoms with Gasteiger partial charge in [0, 0.05) is 19.3 Å². The van der Waals surface area contributed by atoms with E-state index < -0.39 is 6.10 Å². The van der Waals surface area contributed by atoms with Gasteiger partial charge in [0.25, 0.3) is 0 Å². The summed E-state index contributed by atoms with van der Waals surface area (Å²) in [6, 6.07) is 0. The van der Waals surface area contributed by atoms with Crippen LogP contribution in [0.3, 0.4) is 0 Å². The van der Waals surface area contributed by atoms with Crippen LogP contribution in [0.1, 0.15) is 323 Å². The summed E-state index contributed by atoms with van der Waals surface area (Å²) >= 11 is 0. The molecule has 0 rings (SSSR count). The van der Waals surface area contributed by atoms with E-state index in [0.717, 1.165) is 122 Å². The van der Waals surface area contributed by atoms with E-state index in [2.05, 4.69) is 118 Å². The van der Waals surface area contributed by atoms with Gasteiger partial charge in [0.15, 0.2) is 6.10 Å². The van der Waals surface area contributed by atoms with Crippen LogP contribution >= 0.6 is 0 Å². The number of rotatable bonds is 60. The van der Waals surface area contributed by atoms with Crippen LogP contribution in [0.25, 0.3) is 0 Å². The molecule has 0 spiro atoms. The lowest BCUT2D eigenvalue weighted by atomic mass is 10.0. The molecule has 6 heteroatoms. The van der Waals surface area contributed by atoms with Crippen molar-refractivity contribution < 1.29 is 28.6 Å². The van der Waals surface area contributed by atoms with Crippen molar-refractivity contribution in [2.75, 3.05) is 13.2 Å². The van der Waals surface area contributed by atoms with Gasteiger partial charge in [-0.1, -0.05) is 279 Å². The Hall–Kier alpha value is -3.67. The fourth-order valence-corrected chi connectivity index (χ4v) is 9.32. The maximum absolute atomic E-state index is 12.9. The van der Waals surface area contributed by atoms with Crippen LogP contribution in [0.4, 0.5) is 0 Å². The zero-order valence-corrected chi connectivity index (χ0v) is 51.4. The molecule has 1 unspecified atom stereocenters. The Morgan fingerprint density at radius 3 is 0.795 bits per heavy atom. The van der Waals surface area contributed by atoms with Gasteiger partial charge in [0.2, 0.25) is 0 Å². The number of esters is 3. The van der Waals surface area contributed by atoms with Crippen molar-refractivity contribution in [2.45, 2.75) is 329 Å². The second-order valence-corrected chi connectivity index (χ2v) is 22.0. The molecule has 0 aromatic rings. The van der Waals surface area contributed by atoms with Gasteiger partial charge in [-0.25, -0.2) is 0 Å². The lowest BCUT2D eigenvalue weighted by Crippen LogP contribution is -2.30. The van der Waals surface area contributed by atoms with Gasteiger partial charge in [0.1, 0.15) is 13.2 Å². The highest BCUT2D eigenvalue weighted by Crippen LogP contribution is 2.16. The molecule has 0 aromatic heterocycles. The Morgan fingerprint density at radius 1 is 0.269 bits per heavy atom. The normalized spacial score (nSPS) is 12.7. The molecule has 0 heterocycles. The minimum absolute atomic E-state index is 0.0885. The maximum atomic E-state index is 12.9. The van der Waals surface area contributed by atoms with Crippen LogP contribution < -0.4 is 0 Å². The van der Waals surface area contributed by atoms with Crippen molar-refractivity contribution in [3.63, 3.8) is 0 Å². The summed E-state index contributed by atoms with van der Waals surface area (Å²) in [6.07, 6.45) is 88.4. The highest BCUT2D eigenvalue weighted by Gasteiger charge is 2.19. The first kappa shape index (κ1) is 74.3. The fourth-order valence-electron chi connectivity index (χ4n) is 9.32. The van der Waals surface area contributed by atoms with E-state index in [4.69, 9.17) is 14.2 Å². The first-order valence-electron chi connectivity index (χ1n) is 33.2. The van der Waals surface area contributed by atoms with Gasteiger partial charge >= 0.3 is 17.9 Å². The molecule has 0 fully saturated rings. The van der Waals surface area contributed by atoms with Gasteiger partial charge < -0.3 is 14.2 Å². The number of allylic oxidation sites excluding steroid dienone is 16. The zero-order chi connectivity index (χ0) is 56.4. The first-order chi connectivity index (χ1) is 38.5. The lowest BCUT2D eigenvalue weighted by Gasteiger charge is -2.18. The molecule has 1 atom stereocenters. The Balaban J connectivity index is 4.41. The lowest BCUT2D eigenvalue weighted by molar-refractivity contribution is -0.167. The Bertz CT molecular complexity index is 1530. The van der Waals surface area contributed by atoms with E-state index in [1.54, 1.807) is 0 Å². The molecule has 0 aliphatic carbocycles. The first-order valence-corrected chi connectivity index (χ1v) is 33.2. The molecule has 0 N–H and O–H groups in total. The van der Waals surface area contributed by atoms with E-state index >= 15 is 0 Å². The van der Waals surface area contributed by atoms with Crippen LogP contribution in [-0.4, -0.2) is 37.2 Å². The van der Waals surface area contributed by atoms with Crippen molar-refractivity contribution >= 4 is 17.9 Å². The SMILES string of the molecule is CC/C=C\C/C=C\C/C=C\C/C=C\C/C=C\CCCCCCCC(=O)OC(COC(=O)CCCCCCC/C=C\CCCCCCCCC)COC(=O)CCCCCCCCCCCCC/C=C\C/C=C\CCCCCCC. The van der Waals surface area contributed by atoms with Crippen LogP contribution in [0.2, 0.25) is 0 Å². The largest absolute Gasteiger partial charge is 0.462 e. The number of hydrogen-bond acceptors (Lipinski definition) is 6. The number of carbonyl (C=O) groups excluding carboxylic acids is 3. The second-order valence-electron chi connectivity index (χ2n) is 22.0. The molecule has 78 heavy (non-hydrogen) atoms. The Kier molecular flexibility index (Phi) is 62.7. The number of ether oxygens (including phenoxy) is 3. The van der Waals surface area contributed by atoms with Crippen LogP contribution in [0, 0.1) is 0 Å². The van der Waals surface area contributed by atoms with Crippen molar-refractivity contribution in [2.24, 2.45) is 0 Å². The van der Waals surface area contributed by atoms with Gasteiger partial charge in [-0.2, -0.15) is 0 Å². The molecule has 448 valence electrons. The molecular weight excluding hydrogens is 961 g/mol. The minimum Gasteiger partial charge on any atom is -0.462 e. The van der Waals surface area contributed by atoms with Crippen molar-refractivity contribution in [3.8, 4) is 0 Å². The highest BCUT2D eigenvalue weighted by molar-refractivity contribution is 5.71. The molecular formula is C72H124O6. The monoisotopic (exact) mass is 1080 g/mol. The number of carbonyl (C=O) groups is 3.